The molecule has 10 nitrogen and oxygen atoms in total. The van der Waals surface area contributed by atoms with Gasteiger partial charge in [-0.2, -0.15) is 5.10 Å². The summed E-state index contributed by atoms with van der Waals surface area (Å²) in [6.45, 7) is 0.207. The summed E-state index contributed by atoms with van der Waals surface area (Å²) in [5, 5.41) is 13.9. The topological polar surface area (TPSA) is 124 Å². The van der Waals surface area contributed by atoms with Gasteiger partial charge < -0.3 is 19.2 Å². The Labute approximate surface area is 211 Å². The summed E-state index contributed by atoms with van der Waals surface area (Å²) in [6, 6.07) is 11.7. The molecule has 189 valence electrons. The smallest absolute Gasteiger partial charge is 0.475 e. The minimum atomic E-state index is -3.85. The van der Waals surface area contributed by atoms with Crippen molar-refractivity contribution >= 4 is 40.1 Å². The number of hydrogen-bond acceptors (Lipinski definition) is 7. The maximum absolute atomic E-state index is 13.4. The number of carboxylic acids is 1. The van der Waals surface area contributed by atoms with Crippen LogP contribution in [0.2, 0.25) is 5.02 Å². The molecule has 0 bridgehead atoms. The molecule has 0 aliphatic carbocycles. The van der Waals surface area contributed by atoms with Gasteiger partial charge in [-0.05, 0) is 24.3 Å². The molecular weight excluding hydrogens is 516 g/mol. The molecule has 5 rings (SSSR count). The minimum absolute atomic E-state index is 0.0799. The van der Waals surface area contributed by atoms with Crippen molar-refractivity contribution in [1.29, 1.82) is 0 Å². The fourth-order valence-corrected chi connectivity index (χ4v) is 3.98. The number of carbonyl (C=O) groups is 2. The standard InChI is InChI=1S/C24H15ClF2N3O7/c1-29(16-6-3-7-17-15(16)11-35-24(26,27)37-17)19(31)10-30-22(32)14-9-18(23(33)34)36-21(14)20(28-30)12-4-2-5-13(25)8-12/h2-9,11H,10H2,1H3,(H,33,34). The normalized spacial score (nSPS) is 14.2. The predicted octanol–water partition coefficient (Wildman–Crippen LogP) is 4.14. The largest absolute Gasteiger partial charge is 0.535 e. The van der Waals surface area contributed by atoms with E-state index >= 15 is 0 Å². The molecule has 0 fully saturated rings. The van der Waals surface area contributed by atoms with Crippen LogP contribution in [0.1, 0.15) is 16.1 Å². The Kier molecular flexibility index (Phi) is 5.92. The number of likely N-dealkylation sites (N-methyl/N-ethyl adjacent to an activating group) is 1. The van der Waals surface area contributed by atoms with Gasteiger partial charge in [0.2, 0.25) is 11.7 Å². The van der Waals surface area contributed by atoms with E-state index < -0.39 is 36.0 Å². The third-order valence-corrected chi connectivity index (χ3v) is 5.78. The molecular formula is C24H15ClF2N3O7. The molecule has 13 heteroatoms. The van der Waals surface area contributed by atoms with Gasteiger partial charge in [-0.3, -0.25) is 14.3 Å². The number of hydrogen-bond donors (Lipinski definition) is 1. The monoisotopic (exact) mass is 530 g/mol. The number of halogens is 3. The van der Waals surface area contributed by atoms with Crippen LogP contribution < -0.4 is 15.2 Å². The summed E-state index contributed by atoms with van der Waals surface area (Å²) < 4.78 is 41.9. The minimum Gasteiger partial charge on any atom is -0.475 e. The Morgan fingerprint density at radius 3 is 2.68 bits per heavy atom. The van der Waals surface area contributed by atoms with E-state index in [1.807, 2.05) is 0 Å². The number of alkyl halides is 2. The molecule has 0 atom stereocenters. The zero-order valence-corrected chi connectivity index (χ0v) is 19.5. The lowest BCUT2D eigenvalue weighted by Gasteiger charge is -2.28. The highest BCUT2D eigenvalue weighted by molar-refractivity contribution is 6.30. The summed E-state index contributed by atoms with van der Waals surface area (Å²) in [6.07, 6.45) is -3.85. The van der Waals surface area contributed by atoms with E-state index in [1.165, 1.54) is 31.3 Å². The van der Waals surface area contributed by atoms with Crippen LogP contribution in [0.3, 0.4) is 0 Å². The summed E-state index contributed by atoms with van der Waals surface area (Å²) in [7, 11) is 1.38. The first-order chi connectivity index (χ1) is 17.5. The number of furan rings is 1. The van der Waals surface area contributed by atoms with E-state index in [4.69, 9.17) is 16.0 Å². The predicted molar refractivity (Wildman–Crippen MR) is 126 cm³/mol. The van der Waals surface area contributed by atoms with Crippen LogP contribution >= 0.6 is 11.6 Å². The number of aromatic nitrogens is 2. The number of carboxylic acid groups (broad SMARTS) is 1. The van der Waals surface area contributed by atoms with Crippen LogP contribution in [0, 0.1) is 6.61 Å². The first-order valence-corrected chi connectivity index (χ1v) is 10.9. The van der Waals surface area contributed by atoms with Gasteiger partial charge in [0.25, 0.3) is 5.56 Å². The Hall–Kier alpha value is -4.29. The Morgan fingerprint density at radius 1 is 1.19 bits per heavy atom. The molecule has 3 heterocycles. The SMILES string of the molecule is CN(C(=O)Cn1nc(-c2cccc(Cl)c2)c2oc(C(=O)O)cc2c1=O)c1cccc2c1[CH]OC(F)(F)O2. The number of benzene rings is 2. The second kappa shape index (κ2) is 8.98. The summed E-state index contributed by atoms with van der Waals surface area (Å²) in [5.41, 5.74) is -0.0653. The van der Waals surface area contributed by atoms with Crippen molar-refractivity contribution < 1.29 is 37.4 Å². The molecule has 1 radical (unpaired) electrons. The number of carbonyl (C=O) groups excluding carboxylic acids is 1. The zero-order chi connectivity index (χ0) is 26.5. The fraction of sp³-hybridized carbons (Fsp3) is 0.125. The average molecular weight is 531 g/mol. The molecule has 0 unspecified atom stereocenters. The second-order valence-electron chi connectivity index (χ2n) is 7.92. The van der Waals surface area contributed by atoms with E-state index in [0.29, 0.717) is 10.6 Å². The Bertz CT molecular complexity index is 1630. The second-order valence-corrected chi connectivity index (χ2v) is 8.36. The van der Waals surface area contributed by atoms with Crippen molar-refractivity contribution in [2.75, 3.05) is 11.9 Å². The van der Waals surface area contributed by atoms with Gasteiger partial charge in [0.1, 0.15) is 24.6 Å². The molecule has 4 aromatic rings. The van der Waals surface area contributed by atoms with E-state index in [2.05, 4.69) is 14.6 Å². The molecule has 0 saturated heterocycles. The lowest BCUT2D eigenvalue weighted by Crippen LogP contribution is -2.37. The highest BCUT2D eigenvalue weighted by Crippen LogP contribution is 2.39. The number of anilines is 1. The highest BCUT2D eigenvalue weighted by atomic mass is 35.5. The number of rotatable bonds is 5. The van der Waals surface area contributed by atoms with Gasteiger partial charge in [0, 0.05) is 23.7 Å². The molecule has 37 heavy (non-hydrogen) atoms. The first kappa shape index (κ1) is 24.4. The van der Waals surface area contributed by atoms with Crippen LogP contribution in [0.15, 0.2) is 57.7 Å². The molecule has 0 spiro atoms. The summed E-state index contributed by atoms with van der Waals surface area (Å²) in [5.74, 6) is -2.73. The number of ether oxygens (including phenoxy) is 2. The Balaban J connectivity index is 1.55. The van der Waals surface area contributed by atoms with E-state index in [9.17, 15) is 28.3 Å². The maximum Gasteiger partial charge on any atom is 0.535 e. The summed E-state index contributed by atoms with van der Waals surface area (Å²) >= 11 is 6.09. The van der Waals surface area contributed by atoms with Gasteiger partial charge >= 0.3 is 12.3 Å². The third kappa shape index (κ3) is 4.52. The van der Waals surface area contributed by atoms with E-state index in [1.54, 1.807) is 18.2 Å². The summed E-state index contributed by atoms with van der Waals surface area (Å²) in [4.78, 5) is 38.9. The molecule has 2 aromatic carbocycles. The lowest BCUT2D eigenvalue weighted by atomic mass is 10.1. The van der Waals surface area contributed by atoms with Gasteiger partial charge in [0.15, 0.2) is 5.58 Å². The zero-order valence-electron chi connectivity index (χ0n) is 18.8. The van der Waals surface area contributed by atoms with Gasteiger partial charge in [-0.1, -0.05) is 29.8 Å². The average Bonchev–Trinajstić information content (AvgIpc) is 3.30. The van der Waals surface area contributed by atoms with E-state index in [-0.39, 0.29) is 33.7 Å². The number of nitrogens with zero attached hydrogens (tertiary/aromatic N) is 3. The van der Waals surface area contributed by atoms with Crippen LogP contribution in [-0.4, -0.2) is 40.1 Å². The molecule has 1 aliphatic heterocycles. The Morgan fingerprint density at radius 2 is 1.95 bits per heavy atom. The van der Waals surface area contributed by atoms with Crippen LogP contribution in [0.5, 0.6) is 5.75 Å². The van der Waals surface area contributed by atoms with Crippen molar-refractivity contribution in [3.8, 4) is 17.0 Å². The van der Waals surface area contributed by atoms with Crippen molar-refractivity contribution in [2.45, 2.75) is 12.8 Å². The number of amides is 1. The highest BCUT2D eigenvalue weighted by Gasteiger charge is 2.40. The fourth-order valence-electron chi connectivity index (χ4n) is 3.79. The van der Waals surface area contributed by atoms with E-state index in [0.717, 1.165) is 22.3 Å². The number of aromatic carboxylic acids is 1. The van der Waals surface area contributed by atoms with Crippen LogP contribution in [0.25, 0.3) is 22.2 Å². The quantitative estimate of drug-likeness (QED) is 0.408. The van der Waals surface area contributed by atoms with Crippen LogP contribution in [-0.2, 0) is 16.1 Å². The number of fused-ring (bicyclic) bond motifs is 2. The maximum atomic E-state index is 13.4. The van der Waals surface area contributed by atoms with Crippen molar-refractivity contribution in [2.24, 2.45) is 0 Å². The molecule has 0 saturated carbocycles. The molecule has 2 aromatic heterocycles. The third-order valence-electron chi connectivity index (χ3n) is 5.55. The van der Waals surface area contributed by atoms with Gasteiger partial charge in [-0.15, -0.1) is 8.78 Å². The van der Waals surface area contributed by atoms with Crippen molar-refractivity contribution in [3.05, 3.63) is 81.8 Å². The van der Waals surface area contributed by atoms with Gasteiger partial charge in [0.05, 0.1) is 16.6 Å². The lowest BCUT2D eigenvalue weighted by molar-refractivity contribution is -0.344. The molecule has 1 N–H and O–H groups in total. The molecule has 1 aliphatic rings. The first-order valence-electron chi connectivity index (χ1n) is 10.6. The van der Waals surface area contributed by atoms with Crippen LogP contribution in [0.4, 0.5) is 14.5 Å². The van der Waals surface area contributed by atoms with Crippen molar-refractivity contribution in [3.63, 3.8) is 0 Å². The van der Waals surface area contributed by atoms with Crippen molar-refractivity contribution in [1.82, 2.24) is 9.78 Å². The molecule has 1 amide bonds. The van der Waals surface area contributed by atoms with Gasteiger partial charge in [-0.25, -0.2) is 9.48 Å².